The molecule has 1 aromatic rings. The van der Waals surface area contributed by atoms with Crippen LogP contribution in [-0.4, -0.2) is 40.8 Å². The van der Waals surface area contributed by atoms with Gasteiger partial charge < -0.3 is 10.0 Å². The van der Waals surface area contributed by atoms with E-state index in [0.717, 1.165) is 24.6 Å². The molecule has 3 rings (SSSR count). The molecule has 27 heavy (non-hydrogen) atoms. The third kappa shape index (κ3) is 4.34. The fourth-order valence-electron chi connectivity index (χ4n) is 4.16. The van der Waals surface area contributed by atoms with E-state index >= 15 is 0 Å². The summed E-state index contributed by atoms with van der Waals surface area (Å²) in [6, 6.07) is 2.84. The number of ketones is 1. The topological polar surface area (TPSA) is 74.7 Å². The molecule has 0 spiro atoms. The second-order valence-electron chi connectivity index (χ2n) is 7.49. The number of hydrogen-bond acceptors (Lipinski definition) is 3. The van der Waals surface area contributed by atoms with Crippen molar-refractivity contribution in [2.45, 2.75) is 38.5 Å². The summed E-state index contributed by atoms with van der Waals surface area (Å²) in [5, 5.41) is 9.17. The number of rotatable bonds is 4. The zero-order valence-corrected chi connectivity index (χ0v) is 15.0. The maximum Gasteiger partial charge on any atom is 0.306 e. The molecule has 0 radical (unpaired) electrons. The van der Waals surface area contributed by atoms with E-state index in [0.29, 0.717) is 45.2 Å². The molecule has 7 heteroatoms. The van der Waals surface area contributed by atoms with Crippen molar-refractivity contribution >= 4 is 17.7 Å². The van der Waals surface area contributed by atoms with E-state index in [9.17, 15) is 28.3 Å². The number of hydrogen-bond donors (Lipinski definition) is 1. The molecule has 146 valence electrons. The van der Waals surface area contributed by atoms with Crippen LogP contribution in [0.1, 0.15) is 48.9 Å². The van der Waals surface area contributed by atoms with Crippen LogP contribution < -0.4 is 0 Å². The van der Waals surface area contributed by atoms with Crippen LogP contribution in [0.5, 0.6) is 0 Å². The molecule has 2 unspecified atom stereocenters. The van der Waals surface area contributed by atoms with Crippen LogP contribution in [0.2, 0.25) is 0 Å². The fourth-order valence-corrected chi connectivity index (χ4v) is 4.16. The predicted octanol–water partition coefficient (Wildman–Crippen LogP) is 3.28. The number of halogens is 2. The van der Waals surface area contributed by atoms with E-state index in [1.165, 1.54) is 0 Å². The summed E-state index contributed by atoms with van der Waals surface area (Å²) in [7, 11) is 0. The monoisotopic (exact) mass is 379 g/mol. The van der Waals surface area contributed by atoms with Gasteiger partial charge in [-0.05, 0) is 50.3 Å². The Morgan fingerprint density at radius 2 is 1.63 bits per heavy atom. The number of carboxylic acid groups (broad SMARTS) is 1. The molecule has 1 heterocycles. The van der Waals surface area contributed by atoms with Gasteiger partial charge in [0.1, 0.15) is 11.6 Å². The summed E-state index contributed by atoms with van der Waals surface area (Å²) in [4.78, 5) is 38.1. The average molecular weight is 379 g/mol. The molecule has 0 aromatic heterocycles. The van der Waals surface area contributed by atoms with Crippen molar-refractivity contribution in [3.05, 3.63) is 35.4 Å². The molecule has 5 nitrogen and oxygen atoms in total. The quantitative estimate of drug-likeness (QED) is 0.815. The number of carbonyl (C=O) groups excluding carboxylic acids is 2. The van der Waals surface area contributed by atoms with Gasteiger partial charge in [-0.15, -0.1) is 0 Å². The second-order valence-corrected chi connectivity index (χ2v) is 7.49. The maximum absolute atomic E-state index is 13.8. The lowest BCUT2D eigenvalue weighted by Crippen LogP contribution is -2.44. The van der Waals surface area contributed by atoms with E-state index in [1.807, 2.05) is 0 Å². The van der Waals surface area contributed by atoms with E-state index in [4.69, 9.17) is 0 Å². The highest BCUT2D eigenvalue weighted by molar-refractivity contribution is 5.98. The number of benzene rings is 1. The fraction of sp³-hybridized carbons (Fsp3) is 0.550. The lowest BCUT2D eigenvalue weighted by Gasteiger charge is -2.35. The molecule has 2 fully saturated rings. The highest BCUT2D eigenvalue weighted by atomic mass is 19.1. The van der Waals surface area contributed by atoms with Crippen LogP contribution >= 0.6 is 0 Å². The number of likely N-dealkylation sites (tertiary alicyclic amines) is 1. The van der Waals surface area contributed by atoms with Crippen molar-refractivity contribution in [3.63, 3.8) is 0 Å². The molecule has 1 N–H and O–H groups in total. The van der Waals surface area contributed by atoms with Crippen molar-refractivity contribution in [1.29, 1.82) is 0 Å². The average Bonchev–Trinajstić information content (AvgIpc) is 2.69. The van der Waals surface area contributed by atoms with Crippen molar-refractivity contribution in [1.82, 2.24) is 4.90 Å². The van der Waals surface area contributed by atoms with Gasteiger partial charge in [0.15, 0.2) is 5.78 Å². The third-order valence-corrected chi connectivity index (χ3v) is 5.74. The number of Topliss-reactive ketones (excluding diaryl/α,β-unsaturated/α-hetero) is 1. The van der Waals surface area contributed by atoms with Gasteiger partial charge in [-0.1, -0.05) is 6.42 Å². The van der Waals surface area contributed by atoms with E-state index < -0.39 is 35.2 Å². The largest absolute Gasteiger partial charge is 0.481 e. The number of nitrogens with zero attached hydrogens (tertiary/aromatic N) is 1. The van der Waals surface area contributed by atoms with Gasteiger partial charge in [-0.2, -0.15) is 0 Å². The number of piperidine rings is 1. The van der Waals surface area contributed by atoms with Gasteiger partial charge >= 0.3 is 5.97 Å². The molecule has 1 saturated heterocycles. The van der Waals surface area contributed by atoms with Crippen molar-refractivity contribution < 1.29 is 28.3 Å². The Morgan fingerprint density at radius 1 is 0.963 bits per heavy atom. The summed E-state index contributed by atoms with van der Waals surface area (Å²) in [5.74, 6) is -3.92. The summed E-state index contributed by atoms with van der Waals surface area (Å²) in [5.41, 5.74) is -0.239. The summed E-state index contributed by atoms with van der Waals surface area (Å²) >= 11 is 0. The molecule has 2 atom stereocenters. The summed E-state index contributed by atoms with van der Waals surface area (Å²) in [6.07, 6.45) is 3.18. The smallest absolute Gasteiger partial charge is 0.306 e. The Hall–Kier alpha value is -2.31. The Balaban J connectivity index is 1.58. The first kappa shape index (κ1) is 19.5. The minimum absolute atomic E-state index is 0.0521. The first-order chi connectivity index (χ1) is 12.9. The number of aliphatic carboxylic acids is 1. The van der Waals surface area contributed by atoms with Crippen molar-refractivity contribution in [2.24, 2.45) is 17.8 Å². The second kappa shape index (κ2) is 8.15. The molecule has 2 aliphatic rings. The minimum atomic E-state index is -0.853. The Bertz CT molecular complexity index is 743. The number of carbonyl (C=O) groups is 3. The van der Waals surface area contributed by atoms with Crippen LogP contribution in [0, 0.1) is 29.4 Å². The molecular formula is C20H23F2NO4. The number of amides is 1. The van der Waals surface area contributed by atoms with Gasteiger partial charge in [0.2, 0.25) is 5.91 Å². The van der Waals surface area contributed by atoms with E-state index in [2.05, 4.69) is 0 Å². The lowest BCUT2D eigenvalue weighted by molar-refractivity contribution is -0.145. The zero-order valence-electron chi connectivity index (χ0n) is 15.0. The molecule has 1 aliphatic heterocycles. The van der Waals surface area contributed by atoms with Crippen molar-refractivity contribution in [3.8, 4) is 0 Å². The highest BCUT2D eigenvalue weighted by Crippen LogP contribution is 2.32. The Kier molecular flexibility index (Phi) is 5.87. The maximum atomic E-state index is 13.8. The van der Waals surface area contributed by atoms with Crippen LogP contribution in [-0.2, 0) is 9.59 Å². The predicted molar refractivity (Wildman–Crippen MR) is 93.1 cm³/mol. The van der Waals surface area contributed by atoms with E-state index in [1.54, 1.807) is 4.90 Å². The Labute approximate surface area is 156 Å². The first-order valence-electron chi connectivity index (χ1n) is 9.37. The standard InChI is InChI=1S/C20H23F2NO4/c21-15-4-5-17(22)16(11-15)18(24)12-6-8-23(9-7-12)19(25)13-2-1-3-14(10-13)20(26)27/h4-5,11-14H,1-3,6-10H2,(H,26,27). The zero-order chi connectivity index (χ0) is 19.6. The molecular weight excluding hydrogens is 356 g/mol. The van der Waals surface area contributed by atoms with Gasteiger partial charge in [-0.25, -0.2) is 8.78 Å². The van der Waals surface area contributed by atoms with E-state index in [-0.39, 0.29) is 17.4 Å². The molecule has 1 aliphatic carbocycles. The minimum Gasteiger partial charge on any atom is -0.481 e. The van der Waals surface area contributed by atoms with Gasteiger partial charge in [0, 0.05) is 24.9 Å². The van der Waals surface area contributed by atoms with Crippen LogP contribution in [0.3, 0.4) is 0 Å². The van der Waals surface area contributed by atoms with Crippen LogP contribution in [0.25, 0.3) is 0 Å². The van der Waals surface area contributed by atoms with Crippen LogP contribution in [0.4, 0.5) is 8.78 Å². The van der Waals surface area contributed by atoms with Crippen LogP contribution in [0.15, 0.2) is 18.2 Å². The molecule has 0 bridgehead atoms. The van der Waals surface area contributed by atoms with Gasteiger partial charge in [0.05, 0.1) is 11.5 Å². The van der Waals surface area contributed by atoms with Gasteiger partial charge in [0.25, 0.3) is 0 Å². The molecule has 1 aromatic carbocycles. The lowest BCUT2D eigenvalue weighted by atomic mass is 9.80. The summed E-state index contributed by atoms with van der Waals surface area (Å²) < 4.78 is 27.1. The molecule has 1 amide bonds. The third-order valence-electron chi connectivity index (χ3n) is 5.74. The molecule has 1 saturated carbocycles. The first-order valence-corrected chi connectivity index (χ1v) is 9.37. The highest BCUT2D eigenvalue weighted by Gasteiger charge is 2.35. The number of carboxylic acids is 1. The summed E-state index contributed by atoms with van der Waals surface area (Å²) in [6.45, 7) is 0.751. The Morgan fingerprint density at radius 3 is 2.30 bits per heavy atom. The normalized spacial score (nSPS) is 23.9. The van der Waals surface area contributed by atoms with Gasteiger partial charge in [-0.3, -0.25) is 14.4 Å². The SMILES string of the molecule is O=C(O)C1CCCC(C(=O)N2CCC(C(=O)c3cc(F)ccc3F)CC2)C1. The van der Waals surface area contributed by atoms with Crippen molar-refractivity contribution in [2.75, 3.05) is 13.1 Å².